The third-order valence-corrected chi connectivity index (χ3v) is 25.0. The Morgan fingerprint density at radius 1 is 0.368 bits per heavy atom. The molecule has 536 valence electrons. The quantitative estimate of drug-likeness (QED) is 0.113. The van der Waals surface area contributed by atoms with Crippen LogP contribution < -0.4 is 4.57 Å². The zero-order chi connectivity index (χ0) is 76.6. The van der Waals surface area contributed by atoms with E-state index in [1.165, 1.54) is 67.4 Å². The second kappa shape index (κ2) is 28.1. The summed E-state index contributed by atoms with van der Waals surface area (Å²) in [4.78, 5) is 25.1. The summed E-state index contributed by atoms with van der Waals surface area (Å²) < 4.78 is 6.67. The minimum Gasteiger partial charge on any atom is -0.296 e. The van der Waals surface area contributed by atoms with Crippen LogP contribution >= 0.6 is 22.7 Å². The number of imidazole rings is 2. The molecule has 2 atom stereocenters. The van der Waals surface area contributed by atoms with Crippen molar-refractivity contribution in [2.24, 2.45) is 0 Å². The Morgan fingerprint density at radius 3 is 1.37 bits per heavy atom. The van der Waals surface area contributed by atoms with Crippen LogP contribution in [0.5, 0.6) is 0 Å². The summed E-state index contributed by atoms with van der Waals surface area (Å²) in [7, 11) is 0. The maximum atomic E-state index is 10.8. The minimum absolute atomic E-state index is 0.479. The van der Waals surface area contributed by atoms with E-state index in [4.69, 9.17) is 19.9 Å². The first-order valence-electron chi connectivity index (χ1n) is 38.3. The molecule has 0 spiro atoms. The summed E-state index contributed by atoms with van der Waals surface area (Å²) in [6.45, 7) is 4.34. The van der Waals surface area contributed by atoms with E-state index in [0.717, 1.165) is 139 Å². The molecule has 5 heterocycles. The largest absolute Gasteiger partial charge is 0.296 e. The van der Waals surface area contributed by atoms with E-state index in [0.29, 0.717) is 32.8 Å². The van der Waals surface area contributed by atoms with Crippen molar-refractivity contribution in [1.29, 1.82) is 15.8 Å². The van der Waals surface area contributed by atoms with E-state index in [2.05, 4.69) is 295 Å². The lowest BCUT2D eigenvalue weighted by atomic mass is 9.67. The van der Waals surface area contributed by atoms with E-state index in [9.17, 15) is 15.8 Å². The second-order valence-corrected chi connectivity index (χ2v) is 30.9. The van der Waals surface area contributed by atoms with Gasteiger partial charge in [-0.25, -0.2) is 24.9 Å². The van der Waals surface area contributed by atoms with E-state index in [-0.39, 0.29) is 0 Å². The SMILES string of the molecule is CCc1[nH]c2ccccc2[n+]1-c1ccc(-c2ccc(C3(c4ccccc4)c4ccccc4-c4c3ccc3sc(C#N)c(-c5ccc(C#N)cc5)c43)cc2)cc1.CCc1nc2ccccc2n1-c1ccc(C2(c3ccccc3)c3ccccc3-c3c2ccc2sc(C#N)c(-c4nc(-c5ccccc5)nc(-c5ccccc5)n4)c32)cc1. The molecule has 2 aliphatic rings. The molecule has 0 fully saturated rings. The number of aromatic nitrogens is 7. The number of hydrogen-bond acceptors (Lipinski definition) is 9. The minimum atomic E-state index is -0.667. The summed E-state index contributed by atoms with van der Waals surface area (Å²) in [6.07, 6.45) is 1.72. The third-order valence-electron chi connectivity index (χ3n) is 22.9. The van der Waals surface area contributed by atoms with Gasteiger partial charge in [0.1, 0.15) is 33.4 Å². The molecular weight excluding hydrogens is 1430 g/mol. The van der Waals surface area contributed by atoms with E-state index in [1.54, 1.807) is 0 Å². The van der Waals surface area contributed by atoms with Gasteiger partial charge in [-0.3, -0.25) is 4.57 Å². The number of para-hydroxylation sites is 4. The number of nitrogens with zero attached hydrogens (tertiary/aromatic N) is 9. The molecule has 0 bridgehead atoms. The van der Waals surface area contributed by atoms with Crippen LogP contribution in [0.15, 0.2) is 340 Å². The number of aromatic amines is 1. The smallest absolute Gasteiger partial charge is 0.260 e. The highest BCUT2D eigenvalue weighted by molar-refractivity contribution is 7.20. The van der Waals surface area contributed by atoms with Crippen LogP contribution in [0.2, 0.25) is 0 Å². The van der Waals surface area contributed by atoms with Gasteiger partial charge in [-0.05, 0) is 156 Å². The molecule has 0 radical (unpaired) electrons. The molecule has 0 saturated heterocycles. The lowest BCUT2D eigenvalue weighted by molar-refractivity contribution is -0.576. The molecule has 1 N–H and O–H groups in total. The fourth-order valence-electron chi connectivity index (χ4n) is 18.0. The van der Waals surface area contributed by atoms with Crippen molar-refractivity contribution in [3.63, 3.8) is 0 Å². The molecule has 21 rings (SSSR count). The van der Waals surface area contributed by atoms with E-state index >= 15 is 0 Å². The van der Waals surface area contributed by atoms with Gasteiger partial charge in [0.05, 0.1) is 39.1 Å². The first-order chi connectivity index (χ1) is 56.3. The number of nitriles is 3. The fourth-order valence-corrected chi connectivity index (χ4v) is 20.0. The van der Waals surface area contributed by atoms with Gasteiger partial charge < -0.3 is 0 Å². The fraction of sp³-hybridized carbons (Fsp3) is 0.0588. The highest BCUT2D eigenvalue weighted by atomic mass is 32.1. The normalized spacial score (nSPS) is 14.3. The van der Waals surface area contributed by atoms with E-state index in [1.807, 2.05) is 91.0 Å². The average Bonchev–Trinajstić information content (AvgIpc) is 1.53. The number of H-pyrrole nitrogens is 1. The highest BCUT2D eigenvalue weighted by Crippen LogP contribution is 2.62. The molecule has 0 amide bonds. The van der Waals surface area contributed by atoms with Crippen molar-refractivity contribution in [3.8, 4) is 108 Å². The van der Waals surface area contributed by atoms with Crippen molar-refractivity contribution in [1.82, 2.24) is 29.5 Å². The van der Waals surface area contributed by atoms with Gasteiger partial charge >= 0.3 is 0 Å². The van der Waals surface area contributed by atoms with Crippen molar-refractivity contribution in [2.75, 3.05) is 0 Å². The zero-order valence-corrected chi connectivity index (χ0v) is 63.7. The Bertz CT molecular complexity index is 7070. The van der Waals surface area contributed by atoms with Crippen molar-refractivity contribution in [3.05, 3.63) is 411 Å². The molecular formula is C102H67N10S2+. The van der Waals surface area contributed by atoms with Gasteiger partial charge in [0.2, 0.25) is 0 Å². The van der Waals surface area contributed by atoms with Crippen molar-refractivity contribution in [2.45, 2.75) is 37.5 Å². The van der Waals surface area contributed by atoms with Gasteiger partial charge in [0.15, 0.2) is 28.5 Å². The van der Waals surface area contributed by atoms with Gasteiger partial charge in [-0.2, -0.15) is 20.4 Å². The van der Waals surface area contributed by atoms with E-state index < -0.39 is 10.8 Å². The summed E-state index contributed by atoms with van der Waals surface area (Å²) >= 11 is 3.02. The maximum absolute atomic E-state index is 10.8. The Morgan fingerprint density at radius 2 is 0.825 bits per heavy atom. The topological polar surface area (TPSA) is 148 Å². The predicted molar refractivity (Wildman–Crippen MR) is 460 cm³/mol. The number of fused-ring (bicyclic) bond motifs is 12. The van der Waals surface area contributed by atoms with Crippen LogP contribution in [0.25, 0.3) is 132 Å². The number of thiophene rings is 2. The van der Waals surface area contributed by atoms with Crippen LogP contribution in [-0.4, -0.2) is 29.5 Å². The molecule has 14 aromatic carbocycles. The molecule has 2 unspecified atom stereocenters. The first-order valence-corrected chi connectivity index (χ1v) is 39.9. The Kier molecular flexibility index (Phi) is 16.9. The number of aryl methyl sites for hydroxylation is 2. The highest BCUT2D eigenvalue weighted by Gasteiger charge is 2.49. The number of rotatable bonds is 13. The summed E-state index contributed by atoms with van der Waals surface area (Å²) in [5, 5.41) is 32.9. The Hall–Kier alpha value is -14.6. The molecule has 114 heavy (non-hydrogen) atoms. The molecule has 19 aromatic rings. The lowest BCUT2D eigenvalue weighted by Crippen LogP contribution is -2.33. The first kappa shape index (κ1) is 68.7. The van der Waals surface area contributed by atoms with Crippen molar-refractivity contribution < 1.29 is 4.57 Å². The van der Waals surface area contributed by atoms with Gasteiger partial charge in [0, 0.05) is 55.4 Å². The van der Waals surface area contributed by atoms with Crippen LogP contribution in [0, 0.1) is 34.0 Å². The number of hydrogen-bond donors (Lipinski definition) is 1. The molecule has 10 nitrogen and oxygen atoms in total. The third kappa shape index (κ3) is 10.8. The number of nitrogens with one attached hydrogen (secondary N) is 1. The summed E-state index contributed by atoms with van der Waals surface area (Å²) in [5.41, 5.74) is 26.6. The predicted octanol–water partition coefficient (Wildman–Crippen LogP) is 23.9. The van der Waals surface area contributed by atoms with Gasteiger partial charge in [-0.1, -0.05) is 281 Å². The molecule has 12 heteroatoms. The van der Waals surface area contributed by atoms with Crippen LogP contribution in [0.1, 0.15) is 85.3 Å². The maximum Gasteiger partial charge on any atom is 0.260 e. The number of benzene rings is 14. The van der Waals surface area contributed by atoms with Crippen LogP contribution in [-0.2, 0) is 23.7 Å². The zero-order valence-electron chi connectivity index (χ0n) is 62.1. The molecule has 0 aliphatic heterocycles. The molecule has 0 saturated carbocycles. The average molecular weight is 1500 g/mol. The standard InChI is InChI=1S/C52H34N6S.C50H32N4S/c1-2-45-54-41-24-14-15-25-42(41)58(45)37-28-26-36(27-29-37)52(35-20-10-5-11-21-35)39-23-13-12-22-38(39)46-40(52)30-31-43-47(46)48(44(32-53)59-43)51-56-49(33-16-6-3-7-17-33)55-50(57-51)34-18-8-4-9-19-34;1-2-46-53-42-14-8-9-15-43(42)54(46)38-26-22-34(23-27-38)33-20-24-37(25-21-33)50(36-10-4-3-5-11-36)40-13-7-6-12-39(40)48-41(50)28-29-44-49(48)47(45(31-52)55-44)35-18-16-32(30-51)17-19-35/h3-31H,2H2,1H3;3-29H,2H2,1H3/p+1. The molecule has 2 aliphatic carbocycles. The van der Waals surface area contributed by atoms with Crippen LogP contribution in [0.4, 0.5) is 0 Å². The monoisotopic (exact) mass is 1500 g/mol. The Balaban J connectivity index is 0.000000148. The summed E-state index contributed by atoms with van der Waals surface area (Å²) in [6, 6.07) is 127. The van der Waals surface area contributed by atoms with Gasteiger partial charge in [0.25, 0.3) is 5.82 Å². The summed E-state index contributed by atoms with van der Waals surface area (Å²) in [5.74, 6) is 3.79. The second-order valence-electron chi connectivity index (χ2n) is 28.8. The lowest BCUT2D eigenvalue weighted by Gasteiger charge is -2.34. The van der Waals surface area contributed by atoms with Gasteiger partial charge in [-0.15, -0.1) is 22.7 Å². The van der Waals surface area contributed by atoms with Crippen LogP contribution in [0.3, 0.4) is 0 Å². The Labute approximate surface area is 667 Å². The van der Waals surface area contributed by atoms with Crippen molar-refractivity contribution >= 4 is 64.9 Å². The molecule has 5 aromatic heterocycles.